The molecular formula is C18H23F2N3O2. The van der Waals surface area contributed by atoms with Gasteiger partial charge in [0.05, 0.1) is 12.0 Å². The lowest BCUT2D eigenvalue weighted by Crippen LogP contribution is -2.57. The van der Waals surface area contributed by atoms with Crippen LogP contribution in [0.25, 0.3) is 0 Å². The summed E-state index contributed by atoms with van der Waals surface area (Å²) in [5.41, 5.74) is -0.759. The summed E-state index contributed by atoms with van der Waals surface area (Å²) in [6, 6.07) is 3.33. The van der Waals surface area contributed by atoms with Crippen molar-refractivity contribution in [2.75, 3.05) is 26.2 Å². The molecule has 0 aromatic carbocycles. The fraction of sp³-hybridized carbons (Fsp3) is 0.667. The van der Waals surface area contributed by atoms with Crippen molar-refractivity contribution in [2.24, 2.45) is 18.4 Å². The monoisotopic (exact) mass is 351 g/mol. The molecule has 2 amide bonds. The van der Waals surface area contributed by atoms with E-state index in [9.17, 15) is 18.4 Å². The van der Waals surface area contributed by atoms with E-state index >= 15 is 0 Å². The van der Waals surface area contributed by atoms with Crippen molar-refractivity contribution in [3.63, 3.8) is 0 Å². The average molecular weight is 351 g/mol. The van der Waals surface area contributed by atoms with Gasteiger partial charge in [-0.15, -0.1) is 0 Å². The van der Waals surface area contributed by atoms with Crippen LogP contribution in [0.5, 0.6) is 0 Å². The zero-order valence-corrected chi connectivity index (χ0v) is 14.4. The fourth-order valence-corrected chi connectivity index (χ4v) is 4.29. The van der Waals surface area contributed by atoms with E-state index in [1.807, 2.05) is 0 Å². The molecule has 3 heterocycles. The van der Waals surface area contributed by atoms with E-state index in [4.69, 9.17) is 0 Å². The zero-order valence-electron chi connectivity index (χ0n) is 14.4. The van der Waals surface area contributed by atoms with Gasteiger partial charge in [0.15, 0.2) is 0 Å². The molecule has 0 N–H and O–H groups in total. The molecule has 2 saturated heterocycles. The third-order valence-corrected chi connectivity index (χ3v) is 5.74. The molecular weight excluding hydrogens is 328 g/mol. The predicted molar refractivity (Wildman–Crippen MR) is 87.2 cm³/mol. The van der Waals surface area contributed by atoms with Crippen LogP contribution in [0.3, 0.4) is 0 Å². The highest BCUT2D eigenvalue weighted by Crippen LogP contribution is 2.46. The number of hydrogen-bond donors (Lipinski definition) is 0. The van der Waals surface area contributed by atoms with Gasteiger partial charge >= 0.3 is 0 Å². The summed E-state index contributed by atoms with van der Waals surface area (Å²) in [6.07, 6.45) is 3.90. The highest BCUT2D eigenvalue weighted by atomic mass is 19.3. The molecule has 1 aromatic heterocycles. The summed E-state index contributed by atoms with van der Waals surface area (Å²) >= 11 is 0. The lowest BCUT2D eigenvalue weighted by atomic mass is 9.77. The Hall–Kier alpha value is -1.92. The van der Waals surface area contributed by atoms with Gasteiger partial charge in [-0.1, -0.05) is 0 Å². The lowest BCUT2D eigenvalue weighted by molar-refractivity contribution is -0.151. The molecule has 25 heavy (non-hydrogen) atoms. The minimum absolute atomic E-state index is 0.0899. The second-order valence-corrected chi connectivity index (χ2v) is 7.92. The number of likely N-dealkylation sites (tertiary alicyclic amines) is 2. The van der Waals surface area contributed by atoms with Crippen LogP contribution in [0, 0.1) is 11.3 Å². The van der Waals surface area contributed by atoms with Gasteiger partial charge in [0, 0.05) is 39.3 Å². The van der Waals surface area contributed by atoms with Crippen LogP contribution in [-0.2, 0) is 11.8 Å². The number of alkyl halides is 2. The van der Waals surface area contributed by atoms with Gasteiger partial charge in [-0.3, -0.25) is 9.59 Å². The highest BCUT2D eigenvalue weighted by molar-refractivity contribution is 5.94. The van der Waals surface area contributed by atoms with Crippen LogP contribution in [0.2, 0.25) is 0 Å². The highest BCUT2D eigenvalue weighted by Gasteiger charge is 2.58. The van der Waals surface area contributed by atoms with Crippen molar-refractivity contribution >= 4 is 11.8 Å². The topological polar surface area (TPSA) is 45.6 Å². The Morgan fingerprint density at radius 2 is 2.08 bits per heavy atom. The summed E-state index contributed by atoms with van der Waals surface area (Å²) in [7, 11) is 1.71. The molecule has 1 atom stereocenters. The largest absolute Gasteiger partial charge is 0.347 e. The van der Waals surface area contributed by atoms with E-state index in [1.165, 1.54) is 4.90 Å². The normalized spacial score (nSPS) is 28.8. The van der Waals surface area contributed by atoms with Gasteiger partial charge in [-0.25, -0.2) is 8.78 Å². The van der Waals surface area contributed by atoms with Crippen molar-refractivity contribution in [1.82, 2.24) is 14.4 Å². The predicted octanol–water partition coefficient (Wildman–Crippen LogP) is 2.13. The van der Waals surface area contributed by atoms with Crippen LogP contribution in [-0.4, -0.2) is 58.3 Å². The van der Waals surface area contributed by atoms with Crippen LogP contribution < -0.4 is 0 Å². The Kier molecular flexibility index (Phi) is 3.67. The van der Waals surface area contributed by atoms with Crippen LogP contribution >= 0.6 is 0 Å². The van der Waals surface area contributed by atoms with Gasteiger partial charge < -0.3 is 14.4 Å². The number of carbonyl (C=O) groups is 2. The quantitative estimate of drug-likeness (QED) is 0.838. The third kappa shape index (κ3) is 2.93. The molecule has 7 heteroatoms. The molecule has 1 spiro atoms. The number of piperidine rings is 1. The maximum atomic E-state index is 14.5. The SMILES string of the molecule is Cn1cccc1C(=O)N1CC(F)(F)CC2(CCN(CC3CC3)C2=O)C1. The molecule has 3 fully saturated rings. The Morgan fingerprint density at radius 1 is 1.32 bits per heavy atom. The summed E-state index contributed by atoms with van der Waals surface area (Å²) in [5, 5.41) is 0. The number of hydrogen-bond acceptors (Lipinski definition) is 2. The number of aromatic nitrogens is 1. The van der Waals surface area contributed by atoms with Gasteiger partial charge in [0.25, 0.3) is 11.8 Å². The van der Waals surface area contributed by atoms with Crippen LogP contribution in [0.1, 0.15) is 36.2 Å². The molecule has 0 bridgehead atoms. The van der Waals surface area contributed by atoms with Crippen molar-refractivity contribution in [3.8, 4) is 0 Å². The Balaban J connectivity index is 1.58. The zero-order chi connectivity index (χ0) is 17.8. The molecule has 2 aliphatic heterocycles. The van der Waals surface area contributed by atoms with E-state index in [0.29, 0.717) is 31.1 Å². The van der Waals surface area contributed by atoms with E-state index in [2.05, 4.69) is 0 Å². The smallest absolute Gasteiger partial charge is 0.270 e. The van der Waals surface area contributed by atoms with Crippen molar-refractivity contribution in [1.29, 1.82) is 0 Å². The summed E-state index contributed by atoms with van der Waals surface area (Å²) in [6.45, 7) is 0.677. The first kappa shape index (κ1) is 16.5. The molecule has 1 saturated carbocycles. The molecule has 3 aliphatic rings. The molecule has 1 aromatic rings. The second kappa shape index (κ2) is 5.54. The number of rotatable bonds is 3. The molecule has 136 valence electrons. The van der Waals surface area contributed by atoms with Gasteiger partial charge in [0.2, 0.25) is 5.91 Å². The number of aryl methyl sites for hydroxylation is 1. The maximum absolute atomic E-state index is 14.5. The Labute approximate surface area is 145 Å². The van der Waals surface area contributed by atoms with Crippen LogP contribution in [0.15, 0.2) is 18.3 Å². The Morgan fingerprint density at radius 3 is 2.72 bits per heavy atom. The van der Waals surface area contributed by atoms with Crippen LogP contribution in [0.4, 0.5) is 8.78 Å². The minimum Gasteiger partial charge on any atom is -0.347 e. The van der Waals surface area contributed by atoms with E-state index in [1.54, 1.807) is 34.8 Å². The first-order valence-corrected chi connectivity index (χ1v) is 8.88. The lowest BCUT2D eigenvalue weighted by Gasteiger charge is -2.42. The third-order valence-electron chi connectivity index (χ3n) is 5.74. The van der Waals surface area contributed by atoms with E-state index < -0.39 is 30.2 Å². The molecule has 4 rings (SSSR count). The van der Waals surface area contributed by atoms with Crippen molar-refractivity contribution in [2.45, 2.75) is 31.6 Å². The number of carbonyl (C=O) groups excluding carboxylic acids is 2. The summed E-state index contributed by atoms with van der Waals surface area (Å²) in [4.78, 5) is 28.6. The fourth-order valence-electron chi connectivity index (χ4n) is 4.29. The second-order valence-electron chi connectivity index (χ2n) is 7.92. The number of halogens is 2. The molecule has 1 aliphatic carbocycles. The first-order valence-electron chi connectivity index (χ1n) is 8.88. The molecule has 0 radical (unpaired) electrons. The van der Waals surface area contributed by atoms with E-state index in [-0.39, 0.29) is 12.5 Å². The van der Waals surface area contributed by atoms with Gasteiger partial charge in [0.1, 0.15) is 5.69 Å². The minimum atomic E-state index is -3.04. The Bertz CT molecular complexity index is 713. The summed E-state index contributed by atoms with van der Waals surface area (Å²) in [5.74, 6) is -3.13. The molecule has 1 unspecified atom stereocenters. The average Bonchev–Trinajstić information content (AvgIpc) is 3.20. The standard InChI is InChI=1S/C18H23F2N3O2/c1-21-7-2-3-14(21)15(24)23-11-17(10-18(19,20)12-23)6-8-22(16(17)25)9-13-4-5-13/h2-3,7,13H,4-6,8-12H2,1H3. The summed E-state index contributed by atoms with van der Waals surface area (Å²) < 4.78 is 30.5. The number of nitrogens with zero attached hydrogens (tertiary/aromatic N) is 3. The number of amides is 2. The van der Waals surface area contributed by atoms with Crippen molar-refractivity contribution in [3.05, 3.63) is 24.0 Å². The van der Waals surface area contributed by atoms with Crippen molar-refractivity contribution < 1.29 is 18.4 Å². The van der Waals surface area contributed by atoms with Gasteiger partial charge in [-0.2, -0.15) is 0 Å². The maximum Gasteiger partial charge on any atom is 0.270 e. The van der Waals surface area contributed by atoms with Gasteiger partial charge in [-0.05, 0) is 37.3 Å². The van der Waals surface area contributed by atoms with E-state index in [0.717, 1.165) is 12.8 Å². The first-order chi connectivity index (χ1) is 11.8. The molecule has 5 nitrogen and oxygen atoms in total.